The van der Waals surface area contributed by atoms with Crippen LogP contribution < -0.4 is 0 Å². The van der Waals surface area contributed by atoms with Crippen molar-refractivity contribution in [1.29, 1.82) is 0 Å². The molecule has 0 aliphatic carbocycles. The number of rotatable bonds is 13. The van der Waals surface area contributed by atoms with Crippen LogP contribution in [0.2, 0.25) is 0 Å². The molecule has 0 radical (unpaired) electrons. The number of carbonyl (C=O) groups excluding carboxylic acids is 1. The molecule has 0 aromatic carbocycles. The summed E-state index contributed by atoms with van der Waals surface area (Å²) in [4.78, 5) is 11.2. The van der Waals surface area contributed by atoms with Gasteiger partial charge in [0.25, 0.3) is 0 Å². The highest BCUT2D eigenvalue weighted by Gasteiger charge is 2.02. The van der Waals surface area contributed by atoms with Crippen LogP contribution in [0.5, 0.6) is 0 Å². The van der Waals surface area contributed by atoms with E-state index < -0.39 is 6.16 Å². The van der Waals surface area contributed by atoms with E-state index >= 15 is 0 Å². The standard InChI is InChI=1S/C16H32O3/c1-3-5-7-9-10-11-13-15-19-16(17)18-14-12-8-6-4-2/h3-15H2,1-2H3. The molecule has 0 saturated heterocycles. The van der Waals surface area contributed by atoms with Crippen molar-refractivity contribution in [2.45, 2.75) is 84.5 Å². The first-order chi connectivity index (χ1) is 9.31. The predicted molar refractivity (Wildman–Crippen MR) is 79.4 cm³/mol. The number of hydrogen-bond acceptors (Lipinski definition) is 3. The lowest BCUT2D eigenvalue weighted by molar-refractivity contribution is 0.0529. The Morgan fingerprint density at radius 3 is 1.47 bits per heavy atom. The molecule has 0 atom stereocenters. The van der Waals surface area contributed by atoms with Gasteiger partial charge in [0.05, 0.1) is 13.2 Å². The number of ether oxygens (including phenoxy) is 2. The van der Waals surface area contributed by atoms with Crippen LogP contribution in [-0.2, 0) is 9.47 Å². The summed E-state index contributed by atoms with van der Waals surface area (Å²) in [6, 6.07) is 0. The Morgan fingerprint density at radius 2 is 1.00 bits per heavy atom. The Kier molecular flexibility index (Phi) is 14.7. The molecule has 0 aromatic heterocycles. The van der Waals surface area contributed by atoms with Gasteiger partial charge in [-0.25, -0.2) is 4.79 Å². The molecule has 0 spiro atoms. The van der Waals surface area contributed by atoms with Gasteiger partial charge in [-0.05, 0) is 12.8 Å². The summed E-state index contributed by atoms with van der Waals surface area (Å²) < 4.78 is 10.0. The third-order valence-corrected chi connectivity index (χ3v) is 3.19. The molecular formula is C16H32O3. The Labute approximate surface area is 119 Å². The summed E-state index contributed by atoms with van der Waals surface area (Å²) in [5, 5.41) is 0. The minimum Gasteiger partial charge on any atom is -0.434 e. The summed E-state index contributed by atoms with van der Waals surface area (Å²) in [6.07, 6.45) is 12.6. The molecule has 0 aromatic rings. The smallest absolute Gasteiger partial charge is 0.434 e. The zero-order chi connectivity index (χ0) is 14.2. The molecule has 0 heterocycles. The van der Waals surface area contributed by atoms with Crippen LogP contribution in [0, 0.1) is 0 Å². The maximum Gasteiger partial charge on any atom is 0.508 e. The average molecular weight is 272 g/mol. The fraction of sp³-hybridized carbons (Fsp3) is 0.938. The molecule has 0 amide bonds. The van der Waals surface area contributed by atoms with Gasteiger partial charge >= 0.3 is 6.16 Å². The summed E-state index contributed by atoms with van der Waals surface area (Å²) in [7, 11) is 0. The van der Waals surface area contributed by atoms with E-state index in [-0.39, 0.29) is 0 Å². The van der Waals surface area contributed by atoms with Gasteiger partial charge in [-0.15, -0.1) is 0 Å². The molecule has 3 heteroatoms. The third kappa shape index (κ3) is 15.2. The van der Waals surface area contributed by atoms with E-state index in [0.29, 0.717) is 13.2 Å². The van der Waals surface area contributed by atoms with Crippen molar-refractivity contribution in [2.75, 3.05) is 13.2 Å². The molecule has 0 aliphatic heterocycles. The zero-order valence-electron chi connectivity index (χ0n) is 12.9. The van der Waals surface area contributed by atoms with E-state index in [1.165, 1.54) is 44.9 Å². The third-order valence-electron chi connectivity index (χ3n) is 3.19. The van der Waals surface area contributed by atoms with Crippen molar-refractivity contribution >= 4 is 6.16 Å². The van der Waals surface area contributed by atoms with Gasteiger partial charge in [0.1, 0.15) is 0 Å². The molecule has 0 fully saturated rings. The number of carbonyl (C=O) groups is 1. The van der Waals surface area contributed by atoms with Crippen LogP contribution in [0.1, 0.15) is 84.5 Å². The highest BCUT2D eigenvalue weighted by atomic mass is 16.7. The van der Waals surface area contributed by atoms with Gasteiger partial charge in [0.15, 0.2) is 0 Å². The molecule has 3 nitrogen and oxygen atoms in total. The van der Waals surface area contributed by atoms with Crippen molar-refractivity contribution in [3.63, 3.8) is 0 Å². The van der Waals surface area contributed by atoms with Crippen LogP contribution in [0.25, 0.3) is 0 Å². The van der Waals surface area contributed by atoms with Gasteiger partial charge in [-0.1, -0.05) is 71.6 Å². The molecule has 0 saturated carbocycles. The first kappa shape index (κ1) is 18.3. The van der Waals surface area contributed by atoms with E-state index in [9.17, 15) is 4.79 Å². The second kappa shape index (κ2) is 15.3. The first-order valence-corrected chi connectivity index (χ1v) is 8.10. The van der Waals surface area contributed by atoms with Crippen molar-refractivity contribution in [2.24, 2.45) is 0 Å². The second-order valence-electron chi connectivity index (χ2n) is 5.13. The van der Waals surface area contributed by atoms with E-state index in [4.69, 9.17) is 9.47 Å². The topological polar surface area (TPSA) is 35.5 Å². The molecule has 0 rings (SSSR count). The Hall–Kier alpha value is -0.730. The molecule has 19 heavy (non-hydrogen) atoms. The average Bonchev–Trinajstić information content (AvgIpc) is 2.41. The SMILES string of the molecule is CCCCCCCCCOC(=O)OCCCCCC. The van der Waals surface area contributed by atoms with E-state index in [2.05, 4.69) is 13.8 Å². The molecule has 0 unspecified atom stereocenters. The lowest BCUT2D eigenvalue weighted by atomic mass is 10.1. The van der Waals surface area contributed by atoms with Gasteiger partial charge in [-0.2, -0.15) is 0 Å². The number of hydrogen-bond donors (Lipinski definition) is 0. The summed E-state index contributed by atoms with van der Waals surface area (Å²) >= 11 is 0. The maximum atomic E-state index is 11.2. The van der Waals surface area contributed by atoms with Gasteiger partial charge < -0.3 is 9.47 Å². The van der Waals surface area contributed by atoms with E-state index in [1.54, 1.807) is 0 Å². The normalized spacial score (nSPS) is 10.4. The fourth-order valence-electron chi connectivity index (χ4n) is 1.94. The molecule has 0 N–H and O–H groups in total. The van der Waals surface area contributed by atoms with Crippen molar-refractivity contribution in [3.8, 4) is 0 Å². The number of unbranched alkanes of at least 4 members (excludes halogenated alkanes) is 9. The Balaban J connectivity index is 3.12. The molecule has 114 valence electrons. The van der Waals surface area contributed by atoms with Crippen LogP contribution in [-0.4, -0.2) is 19.4 Å². The predicted octanol–water partition coefficient (Wildman–Crippen LogP) is 5.47. The van der Waals surface area contributed by atoms with Crippen LogP contribution >= 0.6 is 0 Å². The van der Waals surface area contributed by atoms with E-state index in [0.717, 1.165) is 25.7 Å². The van der Waals surface area contributed by atoms with Crippen LogP contribution in [0.15, 0.2) is 0 Å². The zero-order valence-corrected chi connectivity index (χ0v) is 12.9. The highest BCUT2D eigenvalue weighted by Crippen LogP contribution is 2.07. The van der Waals surface area contributed by atoms with Crippen molar-refractivity contribution < 1.29 is 14.3 Å². The van der Waals surface area contributed by atoms with Crippen molar-refractivity contribution in [1.82, 2.24) is 0 Å². The largest absolute Gasteiger partial charge is 0.508 e. The lowest BCUT2D eigenvalue weighted by Crippen LogP contribution is -2.09. The van der Waals surface area contributed by atoms with E-state index in [1.807, 2.05) is 0 Å². The quantitative estimate of drug-likeness (QED) is 0.329. The monoisotopic (exact) mass is 272 g/mol. The van der Waals surface area contributed by atoms with Gasteiger partial charge in [0.2, 0.25) is 0 Å². The Morgan fingerprint density at radius 1 is 0.632 bits per heavy atom. The second-order valence-corrected chi connectivity index (χ2v) is 5.13. The fourth-order valence-corrected chi connectivity index (χ4v) is 1.94. The van der Waals surface area contributed by atoms with Crippen molar-refractivity contribution in [3.05, 3.63) is 0 Å². The minimum atomic E-state index is -0.498. The van der Waals surface area contributed by atoms with Crippen LogP contribution in [0.4, 0.5) is 4.79 Å². The summed E-state index contributed by atoms with van der Waals surface area (Å²) in [5.41, 5.74) is 0. The minimum absolute atomic E-state index is 0.496. The highest BCUT2D eigenvalue weighted by molar-refractivity contribution is 5.59. The van der Waals surface area contributed by atoms with Gasteiger partial charge in [0, 0.05) is 0 Å². The molecule has 0 bridgehead atoms. The Bertz CT molecular complexity index is 192. The summed E-state index contributed by atoms with van der Waals surface area (Å²) in [6.45, 7) is 5.39. The molecule has 0 aliphatic rings. The maximum absolute atomic E-state index is 11.2. The first-order valence-electron chi connectivity index (χ1n) is 8.10. The molecular weight excluding hydrogens is 240 g/mol. The lowest BCUT2D eigenvalue weighted by Gasteiger charge is -2.06. The van der Waals surface area contributed by atoms with Gasteiger partial charge in [-0.3, -0.25) is 0 Å². The van der Waals surface area contributed by atoms with Crippen LogP contribution in [0.3, 0.4) is 0 Å². The summed E-state index contributed by atoms with van der Waals surface area (Å²) in [5.74, 6) is 0.